The zero-order valence-corrected chi connectivity index (χ0v) is 9.67. The van der Waals surface area contributed by atoms with E-state index in [0.717, 1.165) is 5.56 Å². The number of hydrogen-bond donors (Lipinski definition) is 1. The van der Waals surface area contributed by atoms with Crippen LogP contribution in [0.4, 0.5) is 0 Å². The number of phenols is 1. The maximum Gasteiger partial charge on any atom is 0.134 e. The van der Waals surface area contributed by atoms with Gasteiger partial charge >= 0.3 is 0 Å². The van der Waals surface area contributed by atoms with Gasteiger partial charge in [-0.25, -0.2) is 0 Å². The van der Waals surface area contributed by atoms with Crippen LogP contribution in [-0.2, 0) is 6.54 Å². The van der Waals surface area contributed by atoms with Gasteiger partial charge in [0.15, 0.2) is 0 Å². The third kappa shape index (κ3) is 2.47. The average Bonchev–Trinajstić information content (AvgIpc) is 2.11. The monoisotopic (exact) mass is 254 g/mol. The van der Waals surface area contributed by atoms with Crippen molar-refractivity contribution in [2.24, 2.45) is 0 Å². The summed E-state index contributed by atoms with van der Waals surface area (Å²) in [5.74, 6) is 0.206. The predicted molar refractivity (Wildman–Crippen MR) is 57.9 cm³/mol. The Bertz CT molecular complexity index is 382. The van der Waals surface area contributed by atoms with E-state index in [-0.39, 0.29) is 5.75 Å². The van der Waals surface area contributed by atoms with Crippen molar-refractivity contribution in [1.29, 1.82) is 5.26 Å². The Morgan fingerprint density at radius 1 is 1.50 bits per heavy atom. The van der Waals surface area contributed by atoms with Crippen molar-refractivity contribution in [3.05, 3.63) is 27.7 Å². The Labute approximate surface area is 91.7 Å². The zero-order chi connectivity index (χ0) is 10.7. The van der Waals surface area contributed by atoms with E-state index in [0.29, 0.717) is 16.6 Å². The van der Waals surface area contributed by atoms with Gasteiger partial charge in [0, 0.05) is 12.1 Å². The molecule has 0 amide bonds. The van der Waals surface area contributed by atoms with Crippen molar-refractivity contribution in [2.75, 3.05) is 14.1 Å². The first-order valence-electron chi connectivity index (χ1n) is 4.11. The molecule has 0 radical (unpaired) electrons. The summed E-state index contributed by atoms with van der Waals surface area (Å²) in [6, 6.07) is 5.35. The summed E-state index contributed by atoms with van der Waals surface area (Å²) < 4.78 is 0.563. The van der Waals surface area contributed by atoms with Gasteiger partial charge in [0.25, 0.3) is 0 Å². The van der Waals surface area contributed by atoms with Gasteiger partial charge < -0.3 is 10.0 Å². The Kier molecular flexibility index (Phi) is 3.50. The third-order valence-corrected chi connectivity index (χ3v) is 2.36. The molecule has 74 valence electrons. The molecule has 0 heterocycles. The molecule has 4 heteroatoms. The number of rotatable bonds is 2. The van der Waals surface area contributed by atoms with Crippen molar-refractivity contribution < 1.29 is 5.11 Å². The molecule has 1 N–H and O–H groups in total. The number of phenolic OH excluding ortho intramolecular Hbond substituents is 1. The zero-order valence-electron chi connectivity index (χ0n) is 8.08. The SMILES string of the molecule is CN(C)Cc1cc(C#N)cc(Br)c1O. The molecule has 0 bridgehead atoms. The maximum atomic E-state index is 9.68. The molecule has 0 saturated carbocycles. The highest BCUT2D eigenvalue weighted by atomic mass is 79.9. The Balaban J connectivity index is 3.15. The fraction of sp³-hybridized carbons (Fsp3) is 0.300. The number of nitriles is 1. The molecule has 0 aromatic heterocycles. The minimum absolute atomic E-state index is 0.206. The molecule has 1 aromatic carbocycles. The minimum atomic E-state index is 0.206. The summed E-state index contributed by atoms with van der Waals surface area (Å²) in [6.07, 6.45) is 0. The van der Waals surface area contributed by atoms with Crippen LogP contribution in [0.25, 0.3) is 0 Å². The first-order valence-corrected chi connectivity index (χ1v) is 4.90. The summed E-state index contributed by atoms with van der Waals surface area (Å²) in [6.45, 7) is 0.611. The van der Waals surface area contributed by atoms with Crippen molar-refractivity contribution in [3.8, 4) is 11.8 Å². The standard InChI is InChI=1S/C10H11BrN2O/c1-13(2)6-8-3-7(5-12)4-9(11)10(8)14/h3-4,14H,6H2,1-2H3. The highest BCUT2D eigenvalue weighted by Gasteiger charge is 2.08. The van der Waals surface area contributed by atoms with E-state index in [1.54, 1.807) is 12.1 Å². The minimum Gasteiger partial charge on any atom is -0.506 e. The van der Waals surface area contributed by atoms with Gasteiger partial charge in [0.2, 0.25) is 0 Å². The number of benzene rings is 1. The predicted octanol–water partition coefficient (Wildman–Crippen LogP) is 2.09. The van der Waals surface area contributed by atoms with Crippen LogP contribution in [0.1, 0.15) is 11.1 Å². The van der Waals surface area contributed by atoms with Crippen LogP contribution in [0.15, 0.2) is 16.6 Å². The molecule has 0 aliphatic carbocycles. The second-order valence-electron chi connectivity index (χ2n) is 3.32. The van der Waals surface area contributed by atoms with E-state index < -0.39 is 0 Å². The quantitative estimate of drug-likeness (QED) is 0.880. The van der Waals surface area contributed by atoms with E-state index in [1.165, 1.54) is 0 Å². The Morgan fingerprint density at radius 2 is 2.14 bits per heavy atom. The summed E-state index contributed by atoms with van der Waals surface area (Å²) in [5, 5.41) is 18.4. The lowest BCUT2D eigenvalue weighted by Crippen LogP contribution is -2.11. The van der Waals surface area contributed by atoms with Gasteiger partial charge in [-0.3, -0.25) is 0 Å². The Hall–Kier alpha value is -1.05. The average molecular weight is 255 g/mol. The van der Waals surface area contributed by atoms with Gasteiger partial charge in [0.1, 0.15) is 5.75 Å². The molecule has 3 nitrogen and oxygen atoms in total. The normalized spacial score (nSPS) is 10.2. The molecular formula is C10H11BrN2O. The van der Waals surface area contributed by atoms with E-state index in [4.69, 9.17) is 5.26 Å². The topological polar surface area (TPSA) is 47.3 Å². The fourth-order valence-corrected chi connectivity index (χ4v) is 1.68. The van der Waals surface area contributed by atoms with Crippen molar-refractivity contribution >= 4 is 15.9 Å². The lowest BCUT2D eigenvalue weighted by Gasteiger charge is -2.12. The van der Waals surface area contributed by atoms with Gasteiger partial charge in [-0.2, -0.15) is 5.26 Å². The second kappa shape index (κ2) is 4.45. The van der Waals surface area contributed by atoms with Crippen molar-refractivity contribution in [2.45, 2.75) is 6.54 Å². The molecule has 0 fully saturated rings. The first kappa shape index (κ1) is 11.0. The highest BCUT2D eigenvalue weighted by Crippen LogP contribution is 2.29. The summed E-state index contributed by atoms with van der Waals surface area (Å²) in [5.41, 5.74) is 1.30. The first-order chi connectivity index (χ1) is 6.54. The number of nitrogens with zero attached hydrogens (tertiary/aromatic N) is 2. The summed E-state index contributed by atoms with van der Waals surface area (Å²) in [4.78, 5) is 1.93. The van der Waals surface area contributed by atoms with Crippen LogP contribution in [0.3, 0.4) is 0 Å². The summed E-state index contributed by atoms with van der Waals surface area (Å²) in [7, 11) is 3.82. The fourth-order valence-electron chi connectivity index (χ4n) is 1.18. The number of halogens is 1. The van der Waals surface area contributed by atoms with E-state index in [2.05, 4.69) is 15.9 Å². The molecule has 0 spiro atoms. The van der Waals surface area contributed by atoms with E-state index in [9.17, 15) is 5.11 Å². The lowest BCUT2D eigenvalue weighted by molar-refractivity contribution is 0.385. The van der Waals surface area contributed by atoms with Crippen LogP contribution in [-0.4, -0.2) is 24.1 Å². The lowest BCUT2D eigenvalue weighted by atomic mass is 10.1. The van der Waals surface area contributed by atoms with Gasteiger partial charge in [-0.15, -0.1) is 0 Å². The van der Waals surface area contributed by atoms with Gasteiger partial charge in [0.05, 0.1) is 16.1 Å². The van der Waals surface area contributed by atoms with E-state index in [1.807, 2.05) is 25.1 Å². The molecule has 14 heavy (non-hydrogen) atoms. The molecule has 0 aliphatic heterocycles. The molecule has 0 atom stereocenters. The highest BCUT2D eigenvalue weighted by molar-refractivity contribution is 9.10. The largest absolute Gasteiger partial charge is 0.506 e. The molecule has 0 saturated heterocycles. The molecule has 0 aliphatic rings. The van der Waals surface area contributed by atoms with Gasteiger partial charge in [-0.1, -0.05) is 0 Å². The molecular weight excluding hydrogens is 244 g/mol. The summed E-state index contributed by atoms with van der Waals surface area (Å²) >= 11 is 3.21. The van der Waals surface area contributed by atoms with Crippen LogP contribution >= 0.6 is 15.9 Å². The van der Waals surface area contributed by atoms with Gasteiger partial charge in [-0.05, 0) is 42.2 Å². The molecule has 1 rings (SSSR count). The smallest absolute Gasteiger partial charge is 0.134 e. The Morgan fingerprint density at radius 3 is 2.64 bits per heavy atom. The van der Waals surface area contributed by atoms with Crippen molar-refractivity contribution in [3.63, 3.8) is 0 Å². The maximum absolute atomic E-state index is 9.68. The van der Waals surface area contributed by atoms with E-state index >= 15 is 0 Å². The van der Waals surface area contributed by atoms with Crippen LogP contribution < -0.4 is 0 Å². The molecule has 0 unspecified atom stereocenters. The number of aromatic hydroxyl groups is 1. The number of hydrogen-bond acceptors (Lipinski definition) is 3. The third-order valence-electron chi connectivity index (χ3n) is 1.76. The van der Waals surface area contributed by atoms with Crippen LogP contribution in [0, 0.1) is 11.3 Å². The molecule has 1 aromatic rings. The second-order valence-corrected chi connectivity index (χ2v) is 4.17. The van der Waals surface area contributed by atoms with Crippen molar-refractivity contribution in [1.82, 2.24) is 4.90 Å². The van der Waals surface area contributed by atoms with Crippen LogP contribution in [0.5, 0.6) is 5.75 Å². The van der Waals surface area contributed by atoms with Crippen LogP contribution in [0.2, 0.25) is 0 Å².